The van der Waals surface area contributed by atoms with Crippen LogP contribution in [0.1, 0.15) is 174 Å². The van der Waals surface area contributed by atoms with Crippen molar-refractivity contribution in [3.05, 3.63) is 109 Å². The molecule has 0 amide bonds. The van der Waals surface area contributed by atoms with Gasteiger partial charge in [-0.05, 0) is 170 Å². The van der Waals surface area contributed by atoms with E-state index < -0.39 is 39.1 Å². The second-order valence-electron chi connectivity index (χ2n) is 31.7. The van der Waals surface area contributed by atoms with Crippen LogP contribution in [0.2, 0.25) is 59.4 Å². The van der Waals surface area contributed by atoms with E-state index in [0.717, 1.165) is 62.0 Å². The van der Waals surface area contributed by atoms with Crippen LogP contribution in [0.15, 0.2) is 104 Å². The van der Waals surface area contributed by atoms with E-state index in [1.807, 2.05) is 0 Å². The molecule has 3 aliphatic heterocycles. The van der Waals surface area contributed by atoms with E-state index in [1.165, 1.54) is 34.7 Å². The summed E-state index contributed by atoms with van der Waals surface area (Å²) < 4.78 is 51.4. The Balaban J connectivity index is 1.33. The molecule has 0 radical (unpaired) electrons. The topological polar surface area (TPSA) is 64.6 Å². The van der Waals surface area contributed by atoms with Gasteiger partial charge in [-0.1, -0.05) is 187 Å². The van der Waals surface area contributed by atoms with Crippen molar-refractivity contribution in [1.82, 2.24) is 0 Å². The molecule has 0 N–H and O–H groups in total. The Kier molecular flexibility index (Phi) is 27.1. The number of ether oxygens (including phenoxy) is 3. The van der Waals surface area contributed by atoms with Gasteiger partial charge in [-0.15, -0.1) is 53.6 Å². The third-order valence-electron chi connectivity index (χ3n) is 20.4. The fourth-order valence-corrected chi connectivity index (χ4v) is 28.1. The van der Waals surface area contributed by atoms with Gasteiger partial charge in [0.1, 0.15) is 0 Å². The molecule has 15 heteroatoms. The molecule has 3 fully saturated rings. The first-order valence-corrected chi connectivity index (χ1v) is 47.9. The Hall–Kier alpha value is -0.612. The molecule has 3 saturated heterocycles. The van der Waals surface area contributed by atoms with Crippen molar-refractivity contribution in [2.24, 2.45) is 11.8 Å². The molecular weight excluding hydrogens is 1220 g/mol. The van der Waals surface area contributed by atoms with Crippen molar-refractivity contribution in [2.45, 2.75) is 279 Å². The maximum atomic E-state index is 7.89. The first-order valence-electron chi connectivity index (χ1n) is 33.4. The Bertz CT molecular complexity index is 2480. The Morgan fingerprint density at radius 3 is 1.53 bits per heavy atom. The Labute approximate surface area is 554 Å². The standard InChI is InChI=1S/C72H122O7S4Si4/c1-23-57(54-74-87(69(12,13)14,60-40-30-26-31-41-60)61-42-32-27-33-43-61)64(78-85(19,20)67(6,7)8)51-71(80-45-35-46-81-71)44-34-39-58(77-84(17,18)66(3,4)5)50-72(82-47-36-48-83-72)52-65(79-86(21,22)68(9,10)11)62(24-2)63-49-59(75-70(15,16)76-63)55-73-53-56-37-28-25-29-38-56/h24-33,37-38,40-43,57-59,62-65H,2,23,34-36,39,44-55H2,1,3-22H3/t57-,58+,59-,62+,63+,64-,65+/m1/s1. The molecule has 0 unspecified atom stereocenters. The number of rotatable bonds is 30. The summed E-state index contributed by atoms with van der Waals surface area (Å²) in [6, 6.07) is 32.9. The summed E-state index contributed by atoms with van der Waals surface area (Å²) in [4.78, 5) is 0. The highest BCUT2D eigenvalue weighted by molar-refractivity contribution is 8.19. The van der Waals surface area contributed by atoms with Crippen molar-refractivity contribution in [2.75, 3.05) is 36.2 Å². The van der Waals surface area contributed by atoms with Crippen LogP contribution in [-0.4, -0.2) is 114 Å². The predicted octanol–water partition coefficient (Wildman–Crippen LogP) is 20.2. The molecule has 6 rings (SSSR count). The highest BCUT2D eigenvalue weighted by atomic mass is 32.2. The molecule has 3 aliphatic rings. The van der Waals surface area contributed by atoms with Gasteiger partial charge in [-0.2, -0.15) is 0 Å². The summed E-state index contributed by atoms with van der Waals surface area (Å²) in [6.45, 7) is 56.4. The van der Waals surface area contributed by atoms with E-state index in [0.29, 0.717) is 26.2 Å². The van der Waals surface area contributed by atoms with E-state index in [4.69, 9.17) is 31.9 Å². The van der Waals surface area contributed by atoms with Crippen molar-refractivity contribution in [3.8, 4) is 0 Å². The van der Waals surface area contributed by atoms with Crippen molar-refractivity contribution < 1.29 is 31.9 Å². The van der Waals surface area contributed by atoms with Crippen LogP contribution in [0.4, 0.5) is 0 Å². The molecule has 0 aliphatic carbocycles. The van der Waals surface area contributed by atoms with Gasteiger partial charge in [-0.3, -0.25) is 0 Å². The fraction of sp³-hybridized carbons (Fsp3) is 0.722. The minimum atomic E-state index is -2.80. The molecule has 87 heavy (non-hydrogen) atoms. The first-order chi connectivity index (χ1) is 40.4. The van der Waals surface area contributed by atoms with Crippen LogP contribution >= 0.6 is 47.0 Å². The van der Waals surface area contributed by atoms with Crippen LogP contribution in [-0.2, 0) is 38.5 Å². The van der Waals surface area contributed by atoms with Gasteiger partial charge in [0.15, 0.2) is 30.7 Å². The second kappa shape index (κ2) is 31.3. The maximum Gasteiger partial charge on any atom is 0.261 e. The van der Waals surface area contributed by atoms with Gasteiger partial charge >= 0.3 is 0 Å². The SMILES string of the molecule is C=C[C@@H]([C@@H]1C[C@H](COCc2ccccc2)OC(C)(C)O1)[C@H](CC1(C[C@H](CCCC2(C[C@@H](O[Si](C)(C)C(C)(C)C)[C@H](CC)CO[Si](c3ccccc3)(c3ccccc3)C(C)(C)C)SCCCS2)O[Si](C)(C)C(C)(C)C)SCCCS1)O[Si](C)(C)C(C)(C)C. The Morgan fingerprint density at radius 2 is 1.06 bits per heavy atom. The van der Waals surface area contributed by atoms with E-state index >= 15 is 0 Å². The molecule has 0 spiro atoms. The van der Waals surface area contributed by atoms with Crippen molar-refractivity contribution in [3.63, 3.8) is 0 Å². The molecular formula is C72H122O7S4Si4. The van der Waals surface area contributed by atoms with Crippen LogP contribution in [0.5, 0.6) is 0 Å². The van der Waals surface area contributed by atoms with Gasteiger partial charge in [0.25, 0.3) is 8.32 Å². The summed E-state index contributed by atoms with van der Waals surface area (Å²) in [7, 11) is -9.58. The summed E-state index contributed by atoms with van der Waals surface area (Å²) in [5, 5.41) is 2.71. The molecule has 0 bridgehead atoms. The monoisotopic (exact) mass is 1340 g/mol. The minimum absolute atomic E-state index is 0.0155. The molecule has 0 aromatic heterocycles. The lowest BCUT2D eigenvalue weighted by molar-refractivity contribution is -0.314. The van der Waals surface area contributed by atoms with Crippen molar-refractivity contribution >= 4 is 90.7 Å². The third-order valence-corrected chi connectivity index (χ3v) is 45.8. The predicted molar refractivity (Wildman–Crippen MR) is 394 cm³/mol. The lowest BCUT2D eigenvalue weighted by atomic mass is 9.87. The molecule has 7 nitrogen and oxygen atoms in total. The molecule has 3 aromatic carbocycles. The summed E-state index contributed by atoms with van der Waals surface area (Å²) >= 11 is 8.86. The van der Waals surface area contributed by atoms with E-state index in [2.05, 4.69) is 294 Å². The third kappa shape index (κ3) is 20.5. The van der Waals surface area contributed by atoms with Gasteiger partial charge in [-0.25, -0.2) is 0 Å². The van der Waals surface area contributed by atoms with E-state index in [1.54, 1.807) is 0 Å². The highest BCUT2D eigenvalue weighted by Gasteiger charge is 2.53. The summed E-state index contributed by atoms with van der Waals surface area (Å²) in [5.41, 5.74) is 1.16. The van der Waals surface area contributed by atoms with Gasteiger partial charge in [0.05, 0.1) is 45.8 Å². The lowest BCUT2D eigenvalue weighted by Gasteiger charge is -2.50. The van der Waals surface area contributed by atoms with Gasteiger partial charge in [0, 0.05) is 31.0 Å². The summed E-state index contributed by atoms with van der Waals surface area (Å²) in [5.74, 6) is 4.03. The minimum Gasteiger partial charge on any atom is -0.414 e. The van der Waals surface area contributed by atoms with Crippen LogP contribution in [0.3, 0.4) is 0 Å². The largest absolute Gasteiger partial charge is 0.414 e. The zero-order valence-electron chi connectivity index (χ0n) is 58.5. The van der Waals surface area contributed by atoms with Crippen LogP contribution < -0.4 is 10.4 Å². The number of hydrogen-bond acceptors (Lipinski definition) is 11. The van der Waals surface area contributed by atoms with Gasteiger partial charge in [0.2, 0.25) is 0 Å². The number of benzene rings is 3. The van der Waals surface area contributed by atoms with Crippen LogP contribution in [0.25, 0.3) is 0 Å². The zero-order chi connectivity index (χ0) is 64.4. The van der Waals surface area contributed by atoms with E-state index in [9.17, 15) is 0 Å². The fourth-order valence-electron chi connectivity index (χ4n) is 12.3. The van der Waals surface area contributed by atoms with Crippen LogP contribution in [0, 0.1) is 11.8 Å². The number of thioether (sulfide) groups is 4. The molecule has 0 saturated carbocycles. The molecule has 7 atom stereocenters. The Morgan fingerprint density at radius 1 is 0.598 bits per heavy atom. The second-order valence-corrected chi connectivity index (χ2v) is 56.8. The molecule has 492 valence electrons. The lowest BCUT2D eigenvalue weighted by Crippen LogP contribution is -2.67. The highest BCUT2D eigenvalue weighted by Crippen LogP contribution is 2.55. The normalized spacial score (nSPS) is 21.8. The average molecular weight is 1340 g/mol. The van der Waals surface area contributed by atoms with Crippen molar-refractivity contribution in [1.29, 1.82) is 0 Å². The quantitative estimate of drug-likeness (QED) is 0.0474. The average Bonchev–Trinajstić information content (AvgIpc) is 0.804. The summed E-state index contributed by atoms with van der Waals surface area (Å²) in [6.07, 6.45) is 12.3. The molecule has 3 heterocycles. The van der Waals surface area contributed by atoms with E-state index in [-0.39, 0.29) is 70.7 Å². The maximum absolute atomic E-state index is 7.89. The molecule has 3 aromatic rings. The first kappa shape index (κ1) is 75.4. The smallest absolute Gasteiger partial charge is 0.261 e. The number of hydrogen-bond donors (Lipinski definition) is 0. The zero-order valence-corrected chi connectivity index (χ0v) is 65.8. The van der Waals surface area contributed by atoms with Gasteiger partial charge < -0.3 is 31.9 Å².